The number of amides is 1. The summed E-state index contributed by atoms with van der Waals surface area (Å²) >= 11 is 0. The average molecular weight is 319 g/mol. The number of carbonyl (C=O) groups is 1. The number of hydrogen-bond acceptors (Lipinski definition) is 3. The van der Waals surface area contributed by atoms with Crippen LogP contribution in [0, 0.1) is 23.2 Å². The molecular weight excluding hydrogens is 290 g/mol. The van der Waals surface area contributed by atoms with Crippen LogP contribution in [0.2, 0.25) is 0 Å². The lowest BCUT2D eigenvalue weighted by atomic mass is 9.49. The van der Waals surface area contributed by atoms with Gasteiger partial charge in [0.05, 0.1) is 24.6 Å². The van der Waals surface area contributed by atoms with Gasteiger partial charge < -0.3 is 14.4 Å². The van der Waals surface area contributed by atoms with Crippen LogP contribution in [-0.4, -0.2) is 49.3 Å². The van der Waals surface area contributed by atoms with Gasteiger partial charge in [-0.3, -0.25) is 4.79 Å². The molecule has 0 N–H and O–H groups in total. The lowest BCUT2D eigenvalue weighted by Crippen LogP contribution is -2.70. The zero-order valence-corrected chi connectivity index (χ0v) is 14.3. The summed E-state index contributed by atoms with van der Waals surface area (Å²) in [7, 11) is 1.79. The van der Waals surface area contributed by atoms with Crippen molar-refractivity contribution < 1.29 is 14.3 Å². The largest absolute Gasteiger partial charge is 0.381 e. The molecule has 6 rings (SSSR count). The average Bonchev–Trinajstić information content (AvgIpc) is 2.50. The van der Waals surface area contributed by atoms with Crippen LogP contribution in [-0.2, 0) is 14.3 Å². The van der Waals surface area contributed by atoms with Gasteiger partial charge in [0.1, 0.15) is 5.60 Å². The van der Waals surface area contributed by atoms with Crippen molar-refractivity contribution in [1.82, 2.24) is 4.90 Å². The third-order valence-corrected chi connectivity index (χ3v) is 7.52. The Morgan fingerprint density at radius 1 is 1.04 bits per heavy atom. The minimum atomic E-state index is -0.100. The molecule has 1 spiro atoms. The fourth-order valence-electron chi connectivity index (χ4n) is 6.91. The number of hydrogen-bond donors (Lipinski definition) is 0. The Morgan fingerprint density at radius 3 is 2.22 bits per heavy atom. The van der Waals surface area contributed by atoms with Crippen molar-refractivity contribution in [2.45, 2.75) is 63.1 Å². The summed E-state index contributed by atoms with van der Waals surface area (Å²) in [6.07, 6.45) is 9.95. The molecule has 4 bridgehead atoms. The van der Waals surface area contributed by atoms with Crippen LogP contribution in [0.4, 0.5) is 0 Å². The number of likely N-dealkylation sites (tertiary alicyclic amines) is 1. The Balaban J connectivity index is 1.28. The van der Waals surface area contributed by atoms with Gasteiger partial charge in [-0.25, -0.2) is 0 Å². The van der Waals surface area contributed by atoms with E-state index in [0.29, 0.717) is 12.0 Å². The van der Waals surface area contributed by atoms with Gasteiger partial charge in [0.25, 0.3) is 0 Å². The Labute approximate surface area is 138 Å². The first-order valence-corrected chi connectivity index (χ1v) is 9.56. The van der Waals surface area contributed by atoms with Crippen LogP contribution in [0.3, 0.4) is 0 Å². The number of methoxy groups -OCH3 is 1. The number of rotatable bonds is 2. The summed E-state index contributed by atoms with van der Waals surface area (Å²) in [4.78, 5) is 15.4. The summed E-state index contributed by atoms with van der Waals surface area (Å²) in [5.41, 5.74) is -0.0947. The molecule has 2 saturated heterocycles. The minimum absolute atomic E-state index is 0.00564. The van der Waals surface area contributed by atoms with Crippen molar-refractivity contribution in [1.29, 1.82) is 0 Å². The maximum Gasteiger partial charge on any atom is 0.229 e. The molecule has 2 heterocycles. The second kappa shape index (κ2) is 4.95. The van der Waals surface area contributed by atoms with Crippen LogP contribution in [0.25, 0.3) is 0 Å². The van der Waals surface area contributed by atoms with Gasteiger partial charge in [-0.2, -0.15) is 0 Å². The fraction of sp³-hybridized carbons (Fsp3) is 0.947. The molecule has 6 aliphatic rings. The first-order valence-electron chi connectivity index (χ1n) is 9.56. The number of carbonyl (C=O) groups excluding carboxylic acids is 1. The normalized spacial score (nSPS) is 46.9. The Hall–Kier alpha value is -0.610. The van der Waals surface area contributed by atoms with E-state index in [2.05, 4.69) is 4.90 Å². The lowest BCUT2D eigenvalue weighted by molar-refractivity contribution is -0.209. The molecule has 128 valence electrons. The third-order valence-electron chi connectivity index (χ3n) is 7.52. The Kier molecular flexibility index (Phi) is 3.17. The Morgan fingerprint density at radius 2 is 1.65 bits per heavy atom. The van der Waals surface area contributed by atoms with Crippen LogP contribution in [0.5, 0.6) is 0 Å². The predicted octanol–water partition coefficient (Wildman–Crippen LogP) is 2.61. The van der Waals surface area contributed by atoms with Crippen LogP contribution in [0.15, 0.2) is 0 Å². The van der Waals surface area contributed by atoms with Crippen molar-refractivity contribution in [3.05, 3.63) is 0 Å². The standard InChI is InChI=1S/C19H29NO3/c1-22-16-2-3-23-19(10-16)11-20(12-19)17(21)18-7-13-4-14(8-18)6-15(5-13)9-18/h13-16H,2-12H2,1H3/t13?,14?,15?,16-,18?/m0/s1. The van der Waals surface area contributed by atoms with Gasteiger partial charge in [-0.15, -0.1) is 0 Å². The van der Waals surface area contributed by atoms with Crippen molar-refractivity contribution in [2.75, 3.05) is 26.8 Å². The zero-order valence-electron chi connectivity index (χ0n) is 14.3. The molecule has 0 aromatic rings. The van der Waals surface area contributed by atoms with E-state index < -0.39 is 0 Å². The van der Waals surface area contributed by atoms with E-state index >= 15 is 0 Å². The second-order valence-electron chi connectivity index (χ2n) is 9.24. The van der Waals surface area contributed by atoms with Crippen LogP contribution >= 0.6 is 0 Å². The fourth-order valence-corrected chi connectivity index (χ4v) is 6.91. The molecule has 4 nitrogen and oxygen atoms in total. The highest BCUT2D eigenvalue weighted by molar-refractivity contribution is 5.84. The van der Waals surface area contributed by atoms with Crippen LogP contribution < -0.4 is 0 Å². The minimum Gasteiger partial charge on any atom is -0.381 e. The van der Waals surface area contributed by atoms with Crippen molar-refractivity contribution in [3.63, 3.8) is 0 Å². The van der Waals surface area contributed by atoms with E-state index in [1.807, 2.05) is 0 Å². The quantitative estimate of drug-likeness (QED) is 0.785. The van der Waals surface area contributed by atoms with E-state index in [0.717, 1.165) is 50.3 Å². The summed E-state index contributed by atoms with van der Waals surface area (Å²) < 4.78 is 11.6. The second-order valence-corrected chi connectivity index (χ2v) is 9.24. The maximum atomic E-state index is 13.3. The summed E-state index contributed by atoms with van der Waals surface area (Å²) in [6.45, 7) is 2.37. The maximum absolute atomic E-state index is 13.3. The molecule has 0 unspecified atom stereocenters. The van der Waals surface area contributed by atoms with Crippen molar-refractivity contribution in [2.24, 2.45) is 23.2 Å². The summed E-state index contributed by atoms with van der Waals surface area (Å²) in [5, 5.41) is 0. The zero-order chi connectivity index (χ0) is 15.7. The highest BCUT2D eigenvalue weighted by Crippen LogP contribution is 2.61. The molecule has 23 heavy (non-hydrogen) atoms. The summed E-state index contributed by atoms with van der Waals surface area (Å²) in [5.74, 6) is 2.98. The van der Waals surface area contributed by atoms with Crippen molar-refractivity contribution >= 4 is 5.91 Å². The van der Waals surface area contributed by atoms with E-state index in [9.17, 15) is 4.79 Å². The highest BCUT2D eigenvalue weighted by atomic mass is 16.5. The monoisotopic (exact) mass is 319 g/mol. The molecule has 0 aromatic carbocycles. The first kappa shape index (κ1) is 14.7. The molecule has 0 radical (unpaired) electrons. The molecule has 2 aliphatic heterocycles. The van der Waals surface area contributed by atoms with E-state index in [1.54, 1.807) is 7.11 Å². The topological polar surface area (TPSA) is 38.8 Å². The van der Waals surface area contributed by atoms with Gasteiger partial charge in [-0.1, -0.05) is 0 Å². The molecule has 4 aliphatic carbocycles. The van der Waals surface area contributed by atoms with E-state index in [1.165, 1.54) is 38.5 Å². The molecule has 1 amide bonds. The highest BCUT2D eigenvalue weighted by Gasteiger charge is 2.59. The molecule has 4 heteroatoms. The van der Waals surface area contributed by atoms with Crippen molar-refractivity contribution in [3.8, 4) is 0 Å². The van der Waals surface area contributed by atoms with Gasteiger partial charge in [0.15, 0.2) is 0 Å². The molecule has 1 atom stereocenters. The van der Waals surface area contributed by atoms with Gasteiger partial charge >= 0.3 is 0 Å². The van der Waals surface area contributed by atoms with Gasteiger partial charge in [0.2, 0.25) is 5.91 Å². The van der Waals surface area contributed by atoms with Gasteiger partial charge in [-0.05, 0) is 62.7 Å². The first-order chi connectivity index (χ1) is 11.1. The molecular formula is C19H29NO3. The SMILES string of the molecule is CO[C@H]1CCOC2(C1)CN(C(=O)C13CC4CC(CC(C4)C1)C3)C2. The number of ether oxygens (including phenoxy) is 2. The summed E-state index contributed by atoms with van der Waals surface area (Å²) in [6, 6.07) is 0. The molecule has 0 aromatic heterocycles. The number of nitrogens with zero attached hydrogens (tertiary/aromatic N) is 1. The van der Waals surface area contributed by atoms with E-state index in [-0.39, 0.29) is 11.0 Å². The van der Waals surface area contributed by atoms with E-state index in [4.69, 9.17) is 9.47 Å². The van der Waals surface area contributed by atoms with Gasteiger partial charge in [0, 0.05) is 20.1 Å². The smallest absolute Gasteiger partial charge is 0.229 e. The molecule has 6 fully saturated rings. The van der Waals surface area contributed by atoms with Crippen LogP contribution in [0.1, 0.15) is 51.4 Å². The third kappa shape index (κ3) is 2.21. The Bertz CT molecular complexity index is 475. The molecule has 4 saturated carbocycles. The lowest BCUT2D eigenvalue weighted by Gasteiger charge is -2.60. The predicted molar refractivity (Wildman–Crippen MR) is 85.9 cm³/mol.